The Morgan fingerprint density at radius 3 is 2.93 bits per heavy atom. The van der Waals surface area contributed by atoms with Crippen LogP contribution in [-0.2, 0) is 24.3 Å². The molecule has 0 radical (unpaired) electrons. The highest BCUT2D eigenvalue weighted by Crippen LogP contribution is 2.27. The van der Waals surface area contributed by atoms with E-state index in [2.05, 4.69) is 15.4 Å². The molecule has 2 aliphatic rings. The number of nitrogens with zero attached hydrogens (tertiary/aromatic N) is 5. The van der Waals surface area contributed by atoms with Gasteiger partial charge < -0.3 is 10.2 Å². The monoisotopic (exact) mass is 368 g/mol. The van der Waals surface area contributed by atoms with Gasteiger partial charge in [-0.15, -0.1) is 0 Å². The molecule has 7 nitrogen and oxygen atoms in total. The lowest BCUT2D eigenvalue weighted by atomic mass is 9.94. The molecule has 0 saturated carbocycles. The van der Waals surface area contributed by atoms with Crippen LogP contribution >= 0.6 is 0 Å². The summed E-state index contributed by atoms with van der Waals surface area (Å²) in [7, 11) is 0. The Kier molecular flexibility index (Phi) is 5.20. The zero-order chi connectivity index (χ0) is 18.8. The van der Waals surface area contributed by atoms with Gasteiger partial charge in [-0.25, -0.2) is 9.97 Å². The van der Waals surface area contributed by atoms with Crippen LogP contribution in [0.1, 0.15) is 48.5 Å². The summed E-state index contributed by atoms with van der Waals surface area (Å²) in [5.74, 6) is 1.48. The fourth-order valence-electron chi connectivity index (χ4n) is 4.04. The average Bonchev–Trinajstić information content (AvgIpc) is 3.11. The predicted octanol–water partition coefficient (Wildman–Crippen LogP) is 1.67. The minimum absolute atomic E-state index is 0.0617. The molecule has 4 heterocycles. The number of hydrogen-bond acceptors (Lipinski definition) is 5. The number of amides is 1. The minimum Gasteiger partial charge on any atom is -0.342 e. The van der Waals surface area contributed by atoms with Gasteiger partial charge in [0.25, 0.3) is 0 Å². The van der Waals surface area contributed by atoms with Crippen molar-refractivity contribution in [3.05, 3.63) is 41.2 Å². The second-order valence-corrected chi connectivity index (χ2v) is 7.81. The smallest absolute Gasteiger partial charge is 0.227 e. The van der Waals surface area contributed by atoms with Crippen molar-refractivity contribution in [1.29, 1.82) is 0 Å². The molecule has 1 N–H and O–H groups in total. The molecule has 1 fully saturated rings. The average molecular weight is 368 g/mol. The zero-order valence-electron chi connectivity index (χ0n) is 16.2. The Morgan fingerprint density at radius 1 is 1.37 bits per heavy atom. The molecule has 7 heteroatoms. The number of likely N-dealkylation sites (tertiary alicyclic amines) is 1. The van der Waals surface area contributed by atoms with Crippen LogP contribution in [0.4, 0.5) is 0 Å². The van der Waals surface area contributed by atoms with Crippen molar-refractivity contribution in [1.82, 2.24) is 30.0 Å². The Bertz CT molecular complexity index is 809. The molecule has 144 valence electrons. The summed E-state index contributed by atoms with van der Waals surface area (Å²) in [6.45, 7) is 8.02. The maximum Gasteiger partial charge on any atom is 0.227 e. The van der Waals surface area contributed by atoms with Crippen molar-refractivity contribution < 1.29 is 4.79 Å². The molecule has 27 heavy (non-hydrogen) atoms. The van der Waals surface area contributed by atoms with Crippen LogP contribution < -0.4 is 5.32 Å². The number of aromatic nitrogens is 4. The largest absolute Gasteiger partial charge is 0.342 e. The van der Waals surface area contributed by atoms with Crippen LogP contribution in [0.2, 0.25) is 0 Å². The number of rotatable bonds is 4. The third-order valence-electron chi connectivity index (χ3n) is 5.66. The second-order valence-electron chi connectivity index (χ2n) is 7.81. The number of carbonyl (C=O) groups is 1. The van der Waals surface area contributed by atoms with Gasteiger partial charge in [0.15, 0.2) is 0 Å². The van der Waals surface area contributed by atoms with Gasteiger partial charge in [0.2, 0.25) is 5.91 Å². The molecular formula is C20H28N6O. The standard InChI is InChI=1S/C20H28N6O/c1-14(13-26-10-4-15(2)24-26)20(27)25-8-5-16(6-9-25)19-22-12-17-11-21-7-3-18(17)23-19/h4,10,12,14,16,21H,3,5-9,11,13H2,1-2H3/t14-/m1/s1. The van der Waals surface area contributed by atoms with E-state index in [1.54, 1.807) is 0 Å². The van der Waals surface area contributed by atoms with Gasteiger partial charge in [0.05, 0.1) is 18.2 Å². The van der Waals surface area contributed by atoms with Gasteiger partial charge in [-0.3, -0.25) is 9.48 Å². The normalized spacial score (nSPS) is 19.0. The molecule has 1 saturated heterocycles. The van der Waals surface area contributed by atoms with E-state index in [9.17, 15) is 4.79 Å². The van der Waals surface area contributed by atoms with Crippen molar-refractivity contribution >= 4 is 5.91 Å². The van der Waals surface area contributed by atoms with Gasteiger partial charge in [0, 0.05) is 62.2 Å². The van der Waals surface area contributed by atoms with E-state index in [4.69, 9.17) is 4.98 Å². The van der Waals surface area contributed by atoms with Crippen molar-refractivity contribution in [3.8, 4) is 0 Å². The highest BCUT2D eigenvalue weighted by molar-refractivity contribution is 5.78. The van der Waals surface area contributed by atoms with Gasteiger partial charge in [-0.05, 0) is 25.8 Å². The number of aryl methyl sites for hydroxylation is 1. The molecule has 0 aromatic carbocycles. The van der Waals surface area contributed by atoms with Crippen LogP contribution in [0.5, 0.6) is 0 Å². The third kappa shape index (κ3) is 4.03. The quantitative estimate of drug-likeness (QED) is 0.888. The van der Waals surface area contributed by atoms with E-state index in [0.29, 0.717) is 12.5 Å². The summed E-state index contributed by atoms with van der Waals surface area (Å²) in [6, 6.07) is 1.97. The summed E-state index contributed by atoms with van der Waals surface area (Å²) in [6.07, 6.45) is 6.78. The molecule has 0 aliphatic carbocycles. The minimum atomic E-state index is -0.0617. The Morgan fingerprint density at radius 2 is 2.19 bits per heavy atom. The summed E-state index contributed by atoms with van der Waals surface area (Å²) in [5, 5.41) is 7.75. The Labute approximate surface area is 160 Å². The van der Waals surface area contributed by atoms with Crippen molar-refractivity contribution in [2.24, 2.45) is 5.92 Å². The second kappa shape index (κ2) is 7.76. The number of hydrogen-bond donors (Lipinski definition) is 1. The molecule has 0 unspecified atom stereocenters. The van der Waals surface area contributed by atoms with Crippen LogP contribution in [0.25, 0.3) is 0 Å². The summed E-state index contributed by atoms with van der Waals surface area (Å²) in [5.41, 5.74) is 3.40. The van der Waals surface area contributed by atoms with Gasteiger partial charge in [-0.2, -0.15) is 5.10 Å². The number of nitrogens with one attached hydrogen (secondary N) is 1. The van der Waals surface area contributed by atoms with E-state index in [1.165, 1.54) is 11.3 Å². The molecule has 0 bridgehead atoms. The molecule has 1 amide bonds. The summed E-state index contributed by atoms with van der Waals surface area (Å²) >= 11 is 0. The molecule has 1 atom stereocenters. The maximum atomic E-state index is 12.8. The number of fused-ring (bicyclic) bond motifs is 1. The van der Waals surface area contributed by atoms with E-state index < -0.39 is 0 Å². The van der Waals surface area contributed by atoms with E-state index in [-0.39, 0.29) is 11.8 Å². The lowest BCUT2D eigenvalue weighted by molar-refractivity contribution is -0.136. The first-order valence-electron chi connectivity index (χ1n) is 9.94. The van der Waals surface area contributed by atoms with Crippen LogP contribution in [0.15, 0.2) is 18.5 Å². The van der Waals surface area contributed by atoms with E-state index in [0.717, 1.165) is 57.0 Å². The Balaban J connectivity index is 1.33. The Hall–Kier alpha value is -2.28. The third-order valence-corrected chi connectivity index (χ3v) is 5.66. The molecule has 0 spiro atoms. The fourth-order valence-corrected chi connectivity index (χ4v) is 4.04. The summed E-state index contributed by atoms with van der Waals surface area (Å²) in [4.78, 5) is 24.2. The first-order valence-corrected chi connectivity index (χ1v) is 9.94. The zero-order valence-corrected chi connectivity index (χ0v) is 16.2. The lowest BCUT2D eigenvalue weighted by Gasteiger charge is -2.33. The van der Waals surface area contributed by atoms with Gasteiger partial charge in [0.1, 0.15) is 5.82 Å². The van der Waals surface area contributed by atoms with Gasteiger partial charge in [-0.1, -0.05) is 6.92 Å². The van der Waals surface area contributed by atoms with Crippen molar-refractivity contribution in [2.45, 2.75) is 52.1 Å². The first kappa shape index (κ1) is 18.1. The van der Waals surface area contributed by atoms with Crippen molar-refractivity contribution in [2.75, 3.05) is 19.6 Å². The SMILES string of the molecule is Cc1ccn(C[C@@H](C)C(=O)N2CCC(c3ncc4c(n3)CCNC4)CC2)n1. The van der Waals surface area contributed by atoms with Crippen LogP contribution in [0, 0.1) is 12.8 Å². The van der Waals surface area contributed by atoms with Crippen molar-refractivity contribution in [3.63, 3.8) is 0 Å². The molecule has 2 aliphatic heterocycles. The van der Waals surface area contributed by atoms with Crippen LogP contribution in [-0.4, -0.2) is 50.2 Å². The van der Waals surface area contributed by atoms with E-state index in [1.807, 2.05) is 41.9 Å². The molecule has 2 aromatic rings. The van der Waals surface area contributed by atoms with Gasteiger partial charge >= 0.3 is 0 Å². The molecule has 4 rings (SSSR count). The molecular weight excluding hydrogens is 340 g/mol. The summed E-state index contributed by atoms with van der Waals surface area (Å²) < 4.78 is 1.86. The first-order chi connectivity index (χ1) is 13.1. The molecule has 2 aromatic heterocycles. The topological polar surface area (TPSA) is 75.9 Å². The van der Waals surface area contributed by atoms with Crippen LogP contribution in [0.3, 0.4) is 0 Å². The fraction of sp³-hybridized carbons (Fsp3) is 0.600. The van der Waals surface area contributed by atoms with E-state index >= 15 is 0 Å². The maximum absolute atomic E-state index is 12.8. The highest BCUT2D eigenvalue weighted by Gasteiger charge is 2.28. The highest BCUT2D eigenvalue weighted by atomic mass is 16.2. The number of carbonyl (C=O) groups excluding carboxylic acids is 1. The predicted molar refractivity (Wildman–Crippen MR) is 102 cm³/mol. The lowest BCUT2D eigenvalue weighted by Crippen LogP contribution is -2.42. The number of piperidine rings is 1.